The van der Waals surface area contributed by atoms with Crippen LogP contribution >= 0.6 is 0 Å². The summed E-state index contributed by atoms with van der Waals surface area (Å²) in [6, 6.07) is 7.85. The average molecular weight is 326 g/mol. The monoisotopic (exact) mass is 326 g/mol. The summed E-state index contributed by atoms with van der Waals surface area (Å²) in [6.07, 6.45) is 4.25. The number of hydrogen-bond donors (Lipinski definition) is 0. The maximum Gasteiger partial charge on any atom is 0.173 e. The smallest absolute Gasteiger partial charge is 0.173 e. The summed E-state index contributed by atoms with van der Waals surface area (Å²) in [6.45, 7) is 14.9. The van der Waals surface area contributed by atoms with Crippen LogP contribution in [0.4, 0.5) is 0 Å². The molecule has 24 heavy (non-hydrogen) atoms. The molecule has 0 saturated heterocycles. The van der Waals surface area contributed by atoms with E-state index in [0.717, 1.165) is 16.9 Å². The predicted octanol–water partition coefficient (Wildman–Crippen LogP) is 5.48. The Morgan fingerprint density at radius 1 is 0.917 bits per heavy atom. The van der Waals surface area contributed by atoms with Crippen molar-refractivity contribution in [2.75, 3.05) is 7.11 Å². The lowest BCUT2D eigenvalue weighted by Gasteiger charge is -2.38. The number of allylic oxidation sites excluding steroid dienone is 4. The van der Waals surface area contributed by atoms with Crippen molar-refractivity contribution in [1.29, 1.82) is 0 Å². The molecule has 1 unspecified atom stereocenters. The van der Waals surface area contributed by atoms with Crippen LogP contribution in [0.2, 0.25) is 0 Å². The third-order valence-corrected chi connectivity index (χ3v) is 4.82. The van der Waals surface area contributed by atoms with Crippen molar-refractivity contribution in [3.63, 3.8) is 0 Å². The number of carbonyl (C=O) groups is 1. The normalized spacial score (nSPS) is 22.1. The Morgan fingerprint density at radius 2 is 1.46 bits per heavy atom. The van der Waals surface area contributed by atoms with Crippen LogP contribution in [0.1, 0.15) is 54.0 Å². The lowest BCUT2D eigenvalue weighted by Crippen LogP contribution is -2.39. The van der Waals surface area contributed by atoms with E-state index in [1.54, 1.807) is 7.11 Å². The van der Waals surface area contributed by atoms with Gasteiger partial charge in [-0.1, -0.05) is 65.8 Å². The molecular formula is C22H30O2. The van der Waals surface area contributed by atoms with E-state index in [-0.39, 0.29) is 16.6 Å². The van der Waals surface area contributed by atoms with Crippen LogP contribution in [-0.2, 0) is 10.2 Å². The largest absolute Gasteiger partial charge is 0.497 e. The highest BCUT2D eigenvalue weighted by Crippen LogP contribution is 2.44. The lowest BCUT2D eigenvalue weighted by molar-refractivity contribution is -0.120. The molecule has 1 atom stereocenters. The first-order valence-electron chi connectivity index (χ1n) is 8.54. The van der Waals surface area contributed by atoms with E-state index in [4.69, 9.17) is 4.74 Å². The van der Waals surface area contributed by atoms with Crippen molar-refractivity contribution in [2.24, 2.45) is 10.8 Å². The Hall–Kier alpha value is -1.83. The Balaban J connectivity index is 2.64. The zero-order valence-electron chi connectivity index (χ0n) is 16.3. The molecule has 2 rings (SSSR count). The standard InChI is InChI=1S/C22H30O2/c1-20(2,3)16-13-18(21(4,5)6)19(23)22(7,14-16)15-9-11-17(24-8)12-10-15/h9-14H,1-8H3. The molecule has 0 aliphatic heterocycles. The highest BCUT2D eigenvalue weighted by Gasteiger charge is 2.42. The molecule has 1 aromatic carbocycles. The first kappa shape index (κ1) is 18.5. The molecule has 1 aromatic rings. The third-order valence-electron chi connectivity index (χ3n) is 4.82. The molecule has 2 heteroatoms. The molecule has 130 valence electrons. The number of hydrogen-bond acceptors (Lipinski definition) is 2. The Labute approximate surface area is 146 Å². The van der Waals surface area contributed by atoms with Crippen molar-refractivity contribution in [1.82, 2.24) is 0 Å². The first-order chi connectivity index (χ1) is 10.9. The summed E-state index contributed by atoms with van der Waals surface area (Å²) in [5, 5.41) is 0. The second-order valence-corrected chi connectivity index (χ2v) is 8.92. The molecule has 0 fully saturated rings. The van der Waals surface area contributed by atoms with Gasteiger partial charge in [0, 0.05) is 5.57 Å². The summed E-state index contributed by atoms with van der Waals surface area (Å²) in [4.78, 5) is 13.4. The first-order valence-corrected chi connectivity index (χ1v) is 8.54. The summed E-state index contributed by atoms with van der Waals surface area (Å²) >= 11 is 0. The fourth-order valence-corrected chi connectivity index (χ4v) is 3.06. The van der Waals surface area contributed by atoms with E-state index < -0.39 is 5.41 Å². The molecule has 0 bridgehead atoms. The zero-order chi connectivity index (χ0) is 18.3. The molecule has 0 spiro atoms. The van der Waals surface area contributed by atoms with Crippen LogP contribution in [0, 0.1) is 10.8 Å². The molecule has 1 aliphatic carbocycles. The van der Waals surface area contributed by atoms with Gasteiger partial charge in [-0.15, -0.1) is 0 Å². The molecule has 0 N–H and O–H groups in total. The summed E-state index contributed by atoms with van der Waals surface area (Å²) in [5.41, 5.74) is 2.27. The van der Waals surface area contributed by atoms with Crippen LogP contribution < -0.4 is 4.74 Å². The molecular weight excluding hydrogens is 296 g/mol. The minimum Gasteiger partial charge on any atom is -0.497 e. The predicted molar refractivity (Wildman–Crippen MR) is 100 cm³/mol. The fraction of sp³-hybridized carbons (Fsp3) is 0.500. The number of benzene rings is 1. The number of methoxy groups -OCH3 is 1. The number of ketones is 1. The molecule has 2 nitrogen and oxygen atoms in total. The molecule has 0 radical (unpaired) electrons. The minimum absolute atomic E-state index is 0.00900. The van der Waals surface area contributed by atoms with Crippen molar-refractivity contribution < 1.29 is 9.53 Å². The highest BCUT2D eigenvalue weighted by atomic mass is 16.5. The van der Waals surface area contributed by atoms with E-state index in [0.29, 0.717) is 0 Å². The average Bonchev–Trinajstić information content (AvgIpc) is 2.47. The quantitative estimate of drug-likeness (QED) is 0.719. The molecule has 1 aliphatic rings. The van der Waals surface area contributed by atoms with E-state index in [1.165, 1.54) is 5.57 Å². The van der Waals surface area contributed by atoms with Crippen LogP contribution in [0.25, 0.3) is 0 Å². The minimum atomic E-state index is -0.647. The Bertz CT molecular complexity index is 691. The van der Waals surface area contributed by atoms with Gasteiger partial charge in [0.25, 0.3) is 0 Å². The third kappa shape index (κ3) is 3.33. The SMILES string of the molecule is COc1ccc(C2(C)C=C(C(C)(C)C)C=C(C(C)(C)C)C2=O)cc1. The van der Waals surface area contributed by atoms with Gasteiger partial charge >= 0.3 is 0 Å². The summed E-state index contributed by atoms with van der Waals surface area (Å²) < 4.78 is 5.26. The van der Waals surface area contributed by atoms with Crippen molar-refractivity contribution >= 4 is 5.78 Å². The number of Topliss-reactive ketones (excluding diaryl/α,β-unsaturated/α-hetero) is 1. The number of ether oxygens (including phenoxy) is 1. The van der Waals surface area contributed by atoms with E-state index >= 15 is 0 Å². The lowest BCUT2D eigenvalue weighted by atomic mass is 9.64. The van der Waals surface area contributed by atoms with Crippen molar-refractivity contribution in [3.05, 3.63) is 53.1 Å². The van der Waals surface area contributed by atoms with Gasteiger partial charge in [0.05, 0.1) is 12.5 Å². The summed E-state index contributed by atoms with van der Waals surface area (Å²) in [5.74, 6) is 0.991. The van der Waals surface area contributed by atoms with Gasteiger partial charge < -0.3 is 4.74 Å². The molecule has 0 aromatic heterocycles. The number of rotatable bonds is 2. The van der Waals surface area contributed by atoms with Crippen LogP contribution in [-0.4, -0.2) is 12.9 Å². The van der Waals surface area contributed by atoms with Gasteiger partial charge in [-0.05, 0) is 41.0 Å². The van der Waals surface area contributed by atoms with Gasteiger partial charge in [0.15, 0.2) is 5.78 Å². The maximum absolute atomic E-state index is 13.4. The highest BCUT2D eigenvalue weighted by molar-refractivity contribution is 6.07. The van der Waals surface area contributed by atoms with E-state index in [9.17, 15) is 4.79 Å². The van der Waals surface area contributed by atoms with Crippen molar-refractivity contribution in [2.45, 2.75) is 53.9 Å². The van der Waals surface area contributed by atoms with Gasteiger partial charge in [0.1, 0.15) is 5.75 Å². The summed E-state index contributed by atoms with van der Waals surface area (Å²) in [7, 11) is 1.65. The Kier molecular flexibility index (Phi) is 4.56. The van der Waals surface area contributed by atoms with E-state index in [1.807, 2.05) is 31.2 Å². The molecule has 0 heterocycles. The molecule has 0 saturated carbocycles. The van der Waals surface area contributed by atoms with Crippen LogP contribution in [0.15, 0.2) is 47.6 Å². The molecule has 0 amide bonds. The topological polar surface area (TPSA) is 26.3 Å². The van der Waals surface area contributed by atoms with Gasteiger partial charge in [-0.2, -0.15) is 0 Å². The maximum atomic E-state index is 13.4. The van der Waals surface area contributed by atoms with Crippen LogP contribution in [0.5, 0.6) is 5.75 Å². The van der Waals surface area contributed by atoms with Gasteiger partial charge in [0.2, 0.25) is 0 Å². The zero-order valence-corrected chi connectivity index (χ0v) is 16.3. The number of carbonyl (C=O) groups excluding carboxylic acids is 1. The fourth-order valence-electron chi connectivity index (χ4n) is 3.06. The van der Waals surface area contributed by atoms with Gasteiger partial charge in [-0.3, -0.25) is 4.79 Å². The Morgan fingerprint density at radius 3 is 1.88 bits per heavy atom. The second-order valence-electron chi connectivity index (χ2n) is 8.92. The second kappa shape index (κ2) is 5.91. The van der Waals surface area contributed by atoms with Gasteiger partial charge in [-0.25, -0.2) is 0 Å². The van der Waals surface area contributed by atoms with E-state index in [2.05, 4.69) is 53.7 Å². The van der Waals surface area contributed by atoms with Crippen molar-refractivity contribution in [3.8, 4) is 5.75 Å². The van der Waals surface area contributed by atoms with Crippen LogP contribution in [0.3, 0.4) is 0 Å².